The first-order valence-corrected chi connectivity index (χ1v) is 11.7. The third kappa shape index (κ3) is 3.76. The maximum Gasteiger partial charge on any atom is 0.295 e. The molecule has 10 heteroatoms. The van der Waals surface area contributed by atoms with E-state index in [0.717, 1.165) is 0 Å². The zero-order valence-corrected chi connectivity index (χ0v) is 19.1. The van der Waals surface area contributed by atoms with Crippen molar-refractivity contribution in [2.45, 2.75) is 37.5 Å². The van der Waals surface area contributed by atoms with Gasteiger partial charge >= 0.3 is 0 Å². The van der Waals surface area contributed by atoms with E-state index in [-0.39, 0.29) is 18.7 Å². The molecule has 0 aliphatic rings. The van der Waals surface area contributed by atoms with Crippen LogP contribution in [-0.2, 0) is 20.2 Å². The van der Waals surface area contributed by atoms with Crippen molar-refractivity contribution in [3.63, 3.8) is 0 Å². The van der Waals surface area contributed by atoms with Gasteiger partial charge in [-0.2, -0.15) is 16.8 Å². The third-order valence-electron chi connectivity index (χ3n) is 4.42. The highest BCUT2D eigenvalue weighted by Crippen LogP contribution is 2.40. The van der Waals surface area contributed by atoms with E-state index in [9.17, 15) is 25.9 Å². The Morgan fingerprint density at radius 1 is 0.654 bits per heavy atom. The van der Waals surface area contributed by atoms with E-state index in [1.807, 2.05) is 0 Å². The quantitative estimate of drug-likeness (QED) is 0.564. The van der Waals surface area contributed by atoms with E-state index in [4.69, 9.17) is 0 Å². The first-order valence-electron chi connectivity index (χ1n) is 7.22. The Kier molecular flexibility index (Phi) is 5.79. The molecule has 0 saturated carbocycles. The second-order valence-corrected chi connectivity index (χ2v) is 10.3. The van der Waals surface area contributed by atoms with Crippen LogP contribution in [0, 0.1) is 27.7 Å². The smallest absolute Gasteiger partial charge is 0.282 e. The van der Waals surface area contributed by atoms with Crippen LogP contribution in [0.1, 0.15) is 22.3 Å². The lowest BCUT2D eigenvalue weighted by Gasteiger charge is -2.18. The highest BCUT2D eigenvalue weighted by molar-refractivity contribution is 9.10. The van der Waals surface area contributed by atoms with E-state index >= 15 is 0 Å². The molecule has 0 aliphatic carbocycles. The standard InChI is InChI=1S/C16H16Br2O6S2/c1-7-9(3)15(17)13(25(19,20)21)5-11(7)12-6-14(26(22,23)24)16(18)10(4)8(12)2/h5-6H,1-4H3,(H,19,20,21)(H,22,23,24). The Morgan fingerprint density at radius 3 is 1.15 bits per heavy atom. The van der Waals surface area contributed by atoms with Crippen molar-refractivity contribution >= 4 is 52.1 Å². The zero-order valence-electron chi connectivity index (χ0n) is 14.3. The summed E-state index contributed by atoms with van der Waals surface area (Å²) in [6, 6.07) is 2.57. The molecule has 0 saturated heterocycles. The Morgan fingerprint density at radius 2 is 0.923 bits per heavy atom. The van der Waals surface area contributed by atoms with E-state index < -0.39 is 20.2 Å². The molecule has 26 heavy (non-hydrogen) atoms. The zero-order chi connectivity index (χ0) is 20.2. The van der Waals surface area contributed by atoms with Crippen LogP contribution in [0.25, 0.3) is 11.1 Å². The van der Waals surface area contributed by atoms with Gasteiger partial charge in [0, 0.05) is 8.95 Å². The molecule has 0 spiro atoms. The van der Waals surface area contributed by atoms with Crippen molar-refractivity contribution in [3.05, 3.63) is 43.3 Å². The average molecular weight is 528 g/mol. The molecule has 6 nitrogen and oxygen atoms in total. The third-order valence-corrected chi connectivity index (χ3v) is 8.75. The Balaban J connectivity index is 3.03. The van der Waals surface area contributed by atoms with Crippen LogP contribution in [0.2, 0.25) is 0 Å². The number of benzene rings is 2. The summed E-state index contributed by atoms with van der Waals surface area (Å²) in [5.74, 6) is 0. The molecule has 0 atom stereocenters. The normalized spacial score (nSPS) is 12.5. The van der Waals surface area contributed by atoms with Crippen molar-refractivity contribution in [3.8, 4) is 11.1 Å². The van der Waals surface area contributed by atoms with Crippen molar-refractivity contribution in [1.82, 2.24) is 0 Å². The van der Waals surface area contributed by atoms with E-state index in [2.05, 4.69) is 31.9 Å². The molecule has 2 aromatic rings. The van der Waals surface area contributed by atoms with Gasteiger partial charge in [0.25, 0.3) is 20.2 Å². The summed E-state index contributed by atoms with van der Waals surface area (Å²) in [5, 5.41) is 0. The molecular formula is C16H16Br2O6S2. The second kappa shape index (κ2) is 6.99. The summed E-state index contributed by atoms with van der Waals surface area (Å²) in [4.78, 5) is -0.632. The molecule has 142 valence electrons. The van der Waals surface area contributed by atoms with Gasteiger partial charge in [-0.15, -0.1) is 0 Å². The summed E-state index contributed by atoms with van der Waals surface area (Å²) < 4.78 is 66.4. The van der Waals surface area contributed by atoms with Crippen LogP contribution in [0.15, 0.2) is 30.9 Å². The average Bonchev–Trinajstić information content (AvgIpc) is 2.49. The number of hydrogen-bond donors (Lipinski definition) is 2. The van der Waals surface area contributed by atoms with Crippen LogP contribution in [-0.4, -0.2) is 25.9 Å². The van der Waals surface area contributed by atoms with Crippen molar-refractivity contribution in [1.29, 1.82) is 0 Å². The van der Waals surface area contributed by atoms with Gasteiger partial charge in [-0.05, 0) is 105 Å². The van der Waals surface area contributed by atoms with E-state index in [1.165, 1.54) is 12.1 Å². The molecule has 2 N–H and O–H groups in total. The van der Waals surface area contributed by atoms with Gasteiger partial charge in [0.2, 0.25) is 0 Å². The van der Waals surface area contributed by atoms with Gasteiger partial charge in [-0.3, -0.25) is 9.11 Å². The first-order chi connectivity index (χ1) is 11.7. The molecule has 0 fully saturated rings. The number of rotatable bonds is 3. The highest BCUT2D eigenvalue weighted by Gasteiger charge is 2.24. The maximum absolute atomic E-state index is 11.7. The van der Waals surface area contributed by atoms with Gasteiger partial charge in [0.1, 0.15) is 9.79 Å². The van der Waals surface area contributed by atoms with Crippen molar-refractivity contribution in [2.24, 2.45) is 0 Å². The molecular weight excluding hydrogens is 512 g/mol. The fraction of sp³-hybridized carbons (Fsp3) is 0.250. The summed E-state index contributed by atoms with van der Waals surface area (Å²) >= 11 is 6.36. The van der Waals surface area contributed by atoms with Crippen LogP contribution in [0.5, 0.6) is 0 Å². The van der Waals surface area contributed by atoms with Crippen LogP contribution in [0.4, 0.5) is 0 Å². The molecule has 0 bridgehead atoms. The predicted octanol–water partition coefficient (Wildman–Crippen LogP) is 4.61. The van der Waals surface area contributed by atoms with E-state index in [1.54, 1.807) is 27.7 Å². The van der Waals surface area contributed by atoms with Gasteiger partial charge in [0.15, 0.2) is 0 Å². The largest absolute Gasteiger partial charge is 0.295 e. The summed E-state index contributed by atoms with van der Waals surface area (Å²) in [5.41, 5.74) is 3.46. The van der Waals surface area contributed by atoms with Crippen molar-refractivity contribution < 1.29 is 25.9 Å². The fourth-order valence-electron chi connectivity index (χ4n) is 2.64. The second-order valence-electron chi connectivity index (χ2n) is 5.92. The minimum atomic E-state index is -4.50. The minimum Gasteiger partial charge on any atom is -0.282 e. The number of hydrogen-bond acceptors (Lipinski definition) is 4. The first kappa shape index (κ1) is 21.5. The fourth-order valence-corrected chi connectivity index (χ4v) is 5.99. The molecule has 0 heterocycles. The number of halogens is 2. The van der Waals surface area contributed by atoms with E-state index in [0.29, 0.717) is 33.4 Å². The maximum atomic E-state index is 11.7. The Hall–Kier alpha value is -0.780. The molecule has 0 amide bonds. The lowest BCUT2D eigenvalue weighted by molar-refractivity contribution is 0.480. The molecule has 0 aromatic heterocycles. The Bertz CT molecular complexity index is 1040. The molecule has 2 rings (SSSR count). The van der Waals surface area contributed by atoms with Gasteiger partial charge in [0.05, 0.1) is 0 Å². The highest BCUT2D eigenvalue weighted by atomic mass is 79.9. The topological polar surface area (TPSA) is 109 Å². The van der Waals surface area contributed by atoms with Gasteiger partial charge in [-0.1, -0.05) is 0 Å². The van der Waals surface area contributed by atoms with Gasteiger partial charge < -0.3 is 0 Å². The van der Waals surface area contributed by atoms with Crippen LogP contribution >= 0.6 is 31.9 Å². The Labute approximate surface area is 169 Å². The van der Waals surface area contributed by atoms with Gasteiger partial charge in [-0.25, -0.2) is 0 Å². The van der Waals surface area contributed by atoms with Crippen molar-refractivity contribution in [2.75, 3.05) is 0 Å². The monoisotopic (exact) mass is 526 g/mol. The molecule has 0 unspecified atom stereocenters. The molecule has 0 aliphatic heterocycles. The molecule has 0 radical (unpaired) electrons. The minimum absolute atomic E-state index is 0.239. The summed E-state index contributed by atoms with van der Waals surface area (Å²) in [6.07, 6.45) is 0. The predicted molar refractivity (Wildman–Crippen MR) is 106 cm³/mol. The molecule has 2 aromatic carbocycles. The summed E-state index contributed by atoms with van der Waals surface area (Å²) in [7, 11) is -8.99. The lowest BCUT2D eigenvalue weighted by Crippen LogP contribution is -2.06. The SMILES string of the molecule is Cc1c(-c2cc(S(=O)(=O)O)c(Br)c(C)c2C)cc(S(=O)(=O)O)c(Br)c1C. The van der Waals surface area contributed by atoms with Crippen LogP contribution in [0.3, 0.4) is 0 Å². The lowest BCUT2D eigenvalue weighted by atomic mass is 9.92. The summed E-state index contributed by atoms with van der Waals surface area (Å²) in [6.45, 7) is 6.88. The van der Waals surface area contributed by atoms with Crippen LogP contribution < -0.4 is 0 Å².